The molecule has 1 saturated carbocycles. The topological polar surface area (TPSA) is 8.17 Å². The Morgan fingerprint density at radius 3 is 1.94 bits per heavy atom. The highest BCUT2D eigenvalue weighted by Crippen LogP contribution is 2.53. The summed E-state index contributed by atoms with van der Waals surface area (Å²) in [5.74, 6) is 0.585. The Morgan fingerprint density at radius 1 is 0.444 bits per heavy atom. The van der Waals surface area contributed by atoms with E-state index in [0.29, 0.717) is 5.92 Å². The predicted octanol–water partition coefficient (Wildman–Crippen LogP) is 17.1. The van der Waals surface area contributed by atoms with Gasteiger partial charge >= 0.3 is 0 Å². The van der Waals surface area contributed by atoms with E-state index in [-0.39, 0.29) is 5.41 Å². The number of hydrogen-bond acceptors (Lipinski definition) is 1. The molecular weight excluding hydrogens is 761 g/mol. The van der Waals surface area contributed by atoms with Gasteiger partial charge in [0.1, 0.15) is 0 Å². The van der Waals surface area contributed by atoms with Gasteiger partial charge in [-0.25, -0.2) is 0 Å². The molecule has 0 aliphatic heterocycles. The lowest BCUT2D eigenvalue weighted by Crippen LogP contribution is -2.16. The lowest BCUT2D eigenvalue weighted by Gasteiger charge is -2.32. The molecule has 0 amide bonds. The van der Waals surface area contributed by atoms with Crippen LogP contribution in [0.25, 0.3) is 71.6 Å². The monoisotopic (exact) mass is 810 g/mol. The summed E-state index contributed by atoms with van der Waals surface area (Å²) < 4.78 is 2.43. The fourth-order valence-corrected chi connectivity index (χ4v) is 11.2. The van der Waals surface area contributed by atoms with E-state index in [4.69, 9.17) is 0 Å². The number of fused-ring (bicyclic) bond motifs is 7. The maximum Gasteiger partial charge on any atom is 0.0547 e. The van der Waals surface area contributed by atoms with Gasteiger partial charge in [-0.2, -0.15) is 0 Å². The molecule has 0 atom stereocenters. The van der Waals surface area contributed by atoms with E-state index in [1.807, 2.05) is 0 Å². The second-order valence-electron chi connectivity index (χ2n) is 18.3. The highest BCUT2D eigenvalue weighted by Gasteiger charge is 2.36. The van der Waals surface area contributed by atoms with Crippen LogP contribution < -0.4 is 4.90 Å². The van der Waals surface area contributed by atoms with Crippen molar-refractivity contribution in [2.75, 3.05) is 4.90 Å². The zero-order valence-corrected chi connectivity index (χ0v) is 36.1. The van der Waals surface area contributed by atoms with E-state index in [9.17, 15) is 0 Å². The van der Waals surface area contributed by atoms with Crippen molar-refractivity contribution >= 4 is 49.6 Å². The van der Waals surface area contributed by atoms with Crippen LogP contribution in [0.15, 0.2) is 200 Å². The summed E-state index contributed by atoms with van der Waals surface area (Å²) in [6, 6.07) is 75.3. The van der Waals surface area contributed by atoms with E-state index < -0.39 is 0 Å². The number of anilines is 3. The van der Waals surface area contributed by atoms with Gasteiger partial charge in [0.2, 0.25) is 0 Å². The Labute approximate surface area is 370 Å². The Morgan fingerprint density at radius 2 is 1.11 bits per heavy atom. The molecule has 2 aliphatic rings. The fourth-order valence-electron chi connectivity index (χ4n) is 11.2. The van der Waals surface area contributed by atoms with Crippen LogP contribution >= 0.6 is 0 Å². The number of benzene rings is 9. The van der Waals surface area contributed by atoms with Gasteiger partial charge in [0.25, 0.3) is 0 Å². The molecule has 0 unspecified atom stereocenters. The molecular formula is C61H50N2. The van der Waals surface area contributed by atoms with Crippen molar-refractivity contribution < 1.29 is 0 Å². The van der Waals surface area contributed by atoms with Gasteiger partial charge in [-0.15, -0.1) is 0 Å². The molecule has 0 radical (unpaired) electrons. The Balaban J connectivity index is 1.16. The van der Waals surface area contributed by atoms with Crippen LogP contribution in [0.5, 0.6) is 0 Å². The number of nitrogens with zero attached hydrogens (tertiary/aromatic N) is 2. The van der Waals surface area contributed by atoms with Crippen molar-refractivity contribution in [2.24, 2.45) is 0 Å². The summed E-state index contributed by atoms with van der Waals surface area (Å²) in [7, 11) is 0. The largest absolute Gasteiger partial charge is 0.309 e. The van der Waals surface area contributed by atoms with Crippen LogP contribution in [0.3, 0.4) is 0 Å². The third-order valence-electron chi connectivity index (χ3n) is 14.4. The molecule has 0 bridgehead atoms. The predicted molar refractivity (Wildman–Crippen MR) is 267 cm³/mol. The van der Waals surface area contributed by atoms with Gasteiger partial charge in [-0.05, 0) is 129 Å². The SMILES string of the molecule is CC1(C)c2ccccc2-c2cc(N(c3ccc(C4CCCCC4)cc3-c3ccccc3)c3cc4ccccc4cc3-c3ccc4c5ccccc5n(-c5ccccc5)c4c3)ccc21. The Bertz CT molecular complexity index is 3350. The second-order valence-corrected chi connectivity index (χ2v) is 18.3. The third kappa shape index (κ3) is 6.22. The minimum Gasteiger partial charge on any atom is -0.309 e. The van der Waals surface area contributed by atoms with Gasteiger partial charge in [-0.3, -0.25) is 0 Å². The zero-order valence-electron chi connectivity index (χ0n) is 36.1. The minimum atomic E-state index is -0.0904. The quantitative estimate of drug-likeness (QED) is 0.156. The van der Waals surface area contributed by atoms with Crippen LogP contribution in [0.4, 0.5) is 17.1 Å². The molecule has 304 valence electrons. The summed E-state index contributed by atoms with van der Waals surface area (Å²) in [5.41, 5.74) is 18.7. The zero-order chi connectivity index (χ0) is 42.1. The van der Waals surface area contributed by atoms with Crippen molar-refractivity contribution in [1.82, 2.24) is 4.57 Å². The van der Waals surface area contributed by atoms with Crippen molar-refractivity contribution in [3.05, 3.63) is 217 Å². The molecule has 9 aromatic carbocycles. The summed E-state index contributed by atoms with van der Waals surface area (Å²) >= 11 is 0. The molecule has 2 nitrogen and oxygen atoms in total. The fraction of sp³-hybridized carbons (Fsp3) is 0.148. The van der Waals surface area contributed by atoms with Gasteiger partial charge in [0.15, 0.2) is 0 Å². The summed E-state index contributed by atoms with van der Waals surface area (Å²) in [4.78, 5) is 2.58. The number of aromatic nitrogens is 1. The highest BCUT2D eigenvalue weighted by molar-refractivity contribution is 6.11. The summed E-state index contributed by atoms with van der Waals surface area (Å²) in [6.45, 7) is 4.75. The third-order valence-corrected chi connectivity index (χ3v) is 14.4. The van der Waals surface area contributed by atoms with Crippen molar-refractivity contribution in [3.8, 4) is 39.1 Å². The van der Waals surface area contributed by atoms with E-state index in [1.54, 1.807) is 0 Å². The van der Waals surface area contributed by atoms with Crippen LogP contribution in [0.2, 0.25) is 0 Å². The van der Waals surface area contributed by atoms with Crippen LogP contribution in [0.1, 0.15) is 68.6 Å². The number of para-hydroxylation sites is 2. The maximum absolute atomic E-state index is 2.58. The van der Waals surface area contributed by atoms with E-state index >= 15 is 0 Å². The molecule has 0 spiro atoms. The molecule has 2 heteroatoms. The first-order chi connectivity index (χ1) is 31.0. The molecule has 1 fully saturated rings. The lowest BCUT2D eigenvalue weighted by atomic mass is 9.82. The molecule has 10 aromatic rings. The summed E-state index contributed by atoms with van der Waals surface area (Å²) in [5, 5.41) is 4.95. The minimum absolute atomic E-state index is 0.0904. The molecule has 0 N–H and O–H groups in total. The lowest BCUT2D eigenvalue weighted by molar-refractivity contribution is 0.444. The number of hydrogen-bond donors (Lipinski definition) is 0. The van der Waals surface area contributed by atoms with E-state index in [0.717, 1.165) is 17.1 Å². The van der Waals surface area contributed by atoms with E-state index in [1.165, 1.54) is 120 Å². The second kappa shape index (κ2) is 15.0. The highest BCUT2D eigenvalue weighted by atomic mass is 15.1. The Hall–Kier alpha value is -7.16. The Kier molecular flexibility index (Phi) is 8.97. The van der Waals surface area contributed by atoms with E-state index in [2.05, 4.69) is 224 Å². The van der Waals surface area contributed by atoms with Crippen LogP contribution in [-0.2, 0) is 5.41 Å². The smallest absolute Gasteiger partial charge is 0.0547 e. The van der Waals surface area contributed by atoms with Crippen LogP contribution in [0, 0.1) is 0 Å². The first-order valence-electron chi connectivity index (χ1n) is 22.9. The average molecular weight is 811 g/mol. The van der Waals surface area contributed by atoms with Gasteiger partial charge < -0.3 is 9.47 Å². The van der Waals surface area contributed by atoms with Gasteiger partial charge in [0, 0.05) is 38.7 Å². The van der Waals surface area contributed by atoms with Crippen LogP contribution in [-0.4, -0.2) is 4.57 Å². The molecule has 1 aromatic heterocycles. The first kappa shape index (κ1) is 37.6. The average Bonchev–Trinajstić information content (AvgIpc) is 3.79. The molecule has 63 heavy (non-hydrogen) atoms. The van der Waals surface area contributed by atoms with Crippen molar-refractivity contribution in [1.29, 1.82) is 0 Å². The van der Waals surface area contributed by atoms with Crippen molar-refractivity contribution in [2.45, 2.75) is 57.3 Å². The van der Waals surface area contributed by atoms with Gasteiger partial charge in [-0.1, -0.05) is 173 Å². The molecule has 0 saturated heterocycles. The number of rotatable bonds is 7. The standard InChI is InChI=1S/C61H50N2/c1-61(2)55-28-16-14-26-49(55)54-40-48(32-34-56(54)61)63(58-35-31-45(41-18-6-3-7-19-41)37-52(58)42-20-8-4-9-21-42)60-38-44-23-13-12-22-43(44)36-53(60)46-30-33-51-50-27-15-17-29-57(50)62(59(51)39-46)47-24-10-5-11-25-47/h4-5,8-17,20-41H,3,6-7,18-19H2,1-2H3. The molecule has 12 rings (SSSR count). The molecule has 1 heterocycles. The van der Waals surface area contributed by atoms with Crippen molar-refractivity contribution in [3.63, 3.8) is 0 Å². The van der Waals surface area contributed by atoms with Gasteiger partial charge in [0.05, 0.1) is 22.4 Å². The first-order valence-corrected chi connectivity index (χ1v) is 22.9. The molecule has 2 aliphatic carbocycles. The maximum atomic E-state index is 2.58. The summed E-state index contributed by atoms with van der Waals surface area (Å²) in [6.07, 6.45) is 6.47. The normalized spacial score (nSPS) is 14.6.